The van der Waals surface area contributed by atoms with Gasteiger partial charge in [-0.3, -0.25) is 0 Å². The van der Waals surface area contributed by atoms with Crippen molar-refractivity contribution in [2.75, 3.05) is 25.5 Å². The minimum Gasteiger partial charge on any atom is -0.365 e. The number of rotatable bonds is 2. The Labute approximate surface area is 104 Å². The molecule has 0 aliphatic carbocycles. The van der Waals surface area contributed by atoms with E-state index >= 15 is 0 Å². The van der Waals surface area contributed by atoms with E-state index in [1.54, 1.807) is 0 Å². The van der Waals surface area contributed by atoms with Gasteiger partial charge in [-0.1, -0.05) is 20.8 Å². The monoisotopic (exact) mass is 233 g/mol. The summed E-state index contributed by atoms with van der Waals surface area (Å²) in [7, 11) is 2.14. The molecule has 2 rings (SSSR count). The van der Waals surface area contributed by atoms with Crippen LogP contribution in [0, 0.1) is 6.92 Å². The summed E-state index contributed by atoms with van der Waals surface area (Å²) in [5.74, 6) is 1.01. The number of anilines is 1. The lowest BCUT2D eigenvalue weighted by molar-refractivity contribution is 0.205. The zero-order valence-electron chi connectivity index (χ0n) is 11.5. The second-order valence-corrected chi connectivity index (χ2v) is 6.20. The number of aryl methyl sites for hydroxylation is 1. The number of nitrogens with one attached hydrogen (secondary N) is 1. The number of pyridine rings is 1. The Morgan fingerprint density at radius 2 is 2.00 bits per heavy atom. The molecule has 1 fully saturated rings. The second-order valence-electron chi connectivity index (χ2n) is 6.20. The van der Waals surface area contributed by atoms with Gasteiger partial charge in [-0.2, -0.15) is 0 Å². The van der Waals surface area contributed by atoms with Crippen molar-refractivity contribution >= 4 is 5.82 Å². The smallest absolute Gasteiger partial charge is 0.126 e. The number of hydrogen-bond acceptors (Lipinski definition) is 3. The standard InChI is InChI=1S/C14H23N3/c1-10-7-15-13(6-12(10)14(2,3)4)16-11-8-17(5)9-11/h6-7,11H,8-9H2,1-5H3,(H,15,16). The van der Waals surface area contributed by atoms with E-state index in [0.29, 0.717) is 6.04 Å². The Bertz CT molecular complexity index is 400. The van der Waals surface area contributed by atoms with Crippen molar-refractivity contribution in [3.8, 4) is 0 Å². The summed E-state index contributed by atoms with van der Waals surface area (Å²) < 4.78 is 0. The lowest BCUT2D eigenvalue weighted by Gasteiger charge is -2.37. The molecule has 3 nitrogen and oxygen atoms in total. The number of aromatic nitrogens is 1. The van der Waals surface area contributed by atoms with Gasteiger partial charge in [0.15, 0.2) is 0 Å². The normalized spacial score (nSPS) is 17.9. The van der Waals surface area contributed by atoms with Gasteiger partial charge in [0, 0.05) is 19.3 Å². The molecular weight excluding hydrogens is 210 g/mol. The fraction of sp³-hybridized carbons (Fsp3) is 0.643. The molecule has 1 aliphatic rings. The molecule has 1 N–H and O–H groups in total. The molecule has 3 heteroatoms. The average molecular weight is 233 g/mol. The van der Waals surface area contributed by atoms with Gasteiger partial charge in [-0.05, 0) is 36.6 Å². The quantitative estimate of drug-likeness (QED) is 0.850. The summed E-state index contributed by atoms with van der Waals surface area (Å²) in [6, 6.07) is 2.76. The molecule has 0 aromatic carbocycles. The Kier molecular flexibility index (Phi) is 3.13. The third-order valence-electron chi connectivity index (χ3n) is 3.33. The molecule has 1 aromatic rings. The van der Waals surface area contributed by atoms with Crippen molar-refractivity contribution in [1.29, 1.82) is 0 Å². The molecule has 94 valence electrons. The molecular formula is C14H23N3. The second kappa shape index (κ2) is 4.30. The van der Waals surface area contributed by atoms with Crippen LogP contribution in [0.2, 0.25) is 0 Å². The summed E-state index contributed by atoms with van der Waals surface area (Å²) in [5.41, 5.74) is 2.83. The predicted octanol–water partition coefficient (Wildman–Crippen LogP) is 2.41. The third kappa shape index (κ3) is 2.78. The molecule has 0 radical (unpaired) electrons. The minimum atomic E-state index is 0.180. The average Bonchev–Trinajstić information content (AvgIpc) is 2.16. The maximum atomic E-state index is 4.47. The van der Waals surface area contributed by atoms with E-state index in [4.69, 9.17) is 0 Å². The first kappa shape index (κ1) is 12.4. The molecule has 0 amide bonds. The van der Waals surface area contributed by atoms with Crippen LogP contribution >= 0.6 is 0 Å². The minimum absolute atomic E-state index is 0.180. The lowest BCUT2D eigenvalue weighted by atomic mass is 9.85. The zero-order valence-corrected chi connectivity index (χ0v) is 11.5. The predicted molar refractivity (Wildman–Crippen MR) is 72.6 cm³/mol. The highest BCUT2D eigenvalue weighted by molar-refractivity contribution is 5.44. The topological polar surface area (TPSA) is 28.2 Å². The molecule has 0 saturated carbocycles. The molecule has 1 aromatic heterocycles. The molecule has 0 bridgehead atoms. The summed E-state index contributed by atoms with van der Waals surface area (Å²) in [6.45, 7) is 11.1. The summed E-state index contributed by atoms with van der Waals surface area (Å²) in [5, 5.41) is 3.50. The molecule has 2 heterocycles. The maximum absolute atomic E-state index is 4.47. The van der Waals surface area contributed by atoms with Gasteiger partial charge in [0.2, 0.25) is 0 Å². The summed E-state index contributed by atoms with van der Waals surface area (Å²) in [4.78, 5) is 6.77. The number of hydrogen-bond donors (Lipinski definition) is 1. The van der Waals surface area contributed by atoms with E-state index in [-0.39, 0.29) is 5.41 Å². The van der Waals surface area contributed by atoms with Crippen molar-refractivity contribution in [1.82, 2.24) is 9.88 Å². The molecule has 1 saturated heterocycles. The van der Waals surface area contributed by atoms with E-state index in [9.17, 15) is 0 Å². The van der Waals surface area contributed by atoms with Gasteiger partial charge < -0.3 is 10.2 Å². The van der Waals surface area contributed by atoms with E-state index in [2.05, 4.69) is 56.0 Å². The van der Waals surface area contributed by atoms with Crippen LogP contribution in [0.15, 0.2) is 12.3 Å². The maximum Gasteiger partial charge on any atom is 0.126 e. The number of likely N-dealkylation sites (tertiary alicyclic amines) is 1. The Balaban J connectivity index is 2.14. The zero-order chi connectivity index (χ0) is 12.6. The van der Waals surface area contributed by atoms with Crippen molar-refractivity contribution in [3.63, 3.8) is 0 Å². The first-order valence-corrected chi connectivity index (χ1v) is 6.28. The summed E-state index contributed by atoms with van der Waals surface area (Å²) >= 11 is 0. The van der Waals surface area contributed by atoms with Crippen LogP contribution in [0.25, 0.3) is 0 Å². The first-order valence-electron chi connectivity index (χ1n) is 6.28. The molecule has 0 spiro atoms. The van der Waals surface area contributed by atoms with Crippen molar-refractivity contribution in [3.05, 3.63) is 23.4 Å². The van der Waals surface area contributed by atoms with Crippen LogP contribution in [0.1, 0.15) is 31.9 Å². The fourth-order valence-corrected chi connectivity index (χ4v) is 2.41. The Hall–Kier alpha value is -1.09. The SMILES string of the molecule is Cc1cnc(NC2CN(C)C2)cc1C(C)(C)C. The van der Waals surface area contributed by atoms with Crippen molar-refractivity contribution in [2.45, 2.75) is 39.2 Å². The van der Waals surface area contributed by atoms with Crippen LogP contribution in [0.3, 0.4) is 0 Å². The van der Waals surface area contributed by atoms with Crippen molar-refractivity contribution < 1.29 is 0 Å². The van der Waals surface area contributed by atoms with E-state index in [1.165, 1.54) is 11.1 Å². The highest BCUT2D eigenvalue weighted by Gasteiger charge is 2.24. The fourth-order valence-electron chi connectivity index (χ4n) is 2.41. The Morgan fingerprint density at radius 3 is 2.53 bits per heavy atom. The number of nitrogens with zero attached hydrogens (tertiary/aromatic N) is 2. The van der Waals surface area contributed by atoms with Crippen LogP contribution < -0.4 is 5.32 Å². The highest BCUT2D eigenvalue weighted by Crippen LogP contribution is 2.27. The van der Waals surface area contributed by atoms with Gasteiger partial charge in [-0.15, -0.1) is 0 Å². The lowest BCUT2D eigenvalue weighted by Crippen LogP contribution is -2.52. The first-order chi connectivity index (χ1) is 7.86. The molecule has 0 atom stereocenters. The van der Waals surface area contributed by atoms with Crippen LogP contribution in [-0.4, -0.2) is 36.1 Å². The van der Waals surface area contributed by atoms with Gasteiger partial charge in [-0.25, -0.2) is 4.98 Å². The third-order valence-corrected chi connectivity index (χ3v) is 3.33. The number of likely N-dealkylation sites (N-methyl/N-ethyl adjacent to an activating group) is 1. The molecule has 1 aliphatic heterocycles. The van der Waals surface area contributed by atoms with Gasteiger partial charge in [0.25, 0.3) is 0 Å². The van der Waals surface area contributed by atoms with Crippen LogP contribution in [0.5, 0.6) is 0 Å². The van der Waals surface area contributed by atoms with Gasteiger partial charge in [0.1, 0.15) is 5.82 Å². The highest BCUT2D eigenvalue weighted by atomic mass is 15.2. The summed E-state index contributed by atoms with van der Waals surface area (Å²) in [6.07, 6.45) is 1.98. The van der Waals surface area contributed by atoms with Gasteiger partial charge >= 0.3 is 0 Å². The van der Waals surface area contributed by atoms with E-state index in [0.717, 1.165) is 18.9 Å². The van der Waals surface area contributed by atoms with Crippen LogP contribution in [0.4, 0.5) is 5.82 Å². The molecule has 17 heavy (non-hydrogen) atoms. The largest absolute Gasteiger partial charge is 0.365 e. The van der Waals surface area contributed by atoms with Crippen molar-refractivity contribution in [2.24, 2.45) is 0 Å². The Morgan fingerprint density at radius 1 is 1.35 bits per heavy atom. The van der Waals surface area contributed by atoms with Gasteiger partial charge in [0.05, 0.1) is 6.04 Å². The van der Waals surface area contributed by atoms with E-state index < -0.39 is 0 Å². The molecule has 0 unspecified atom stereocenters. The van der Waals surface area contributed by atoms with Crippen LogP contribution in [-0.2, 0) is 5.41 Å². The van der Waals surface area contributed by atoms with E-state index in [1.807, 2.05) is 6.20 Å².